The van der Waals surface area contributed by atoms with Crippen LogP contribution in [0.25, 0.3) is 0 Å². The highest BCUT2D eigenvalue weighted by Gasteiger charge is 2.38. The van der Waals surface area contributed by atoms with Crippen molar-refractivity contribution < 1.29 is 4.79 Å². The summed E-state index contributed by atoms with van der Waals surface area (Å²) in [6.07, 6.45) is 0.932. The molecular formula is C15H22N2O. The van der Waals surface area contributed by atoms with Gasteiger partial charge in [-0.3, -0.25) is 4.79 Å². The van der Waals surface area contributed by atoms with Crippen LogP contribution in [0, 0.1) is 5.41 Å². The topological polar surface area (TPSA) is 55.1 Å². The minimum atomic E-state index is -0.432. The van der Waals surface area contributed by atoms with Crippen molar-refractivity contribution in [2.45, 2.75) is 39.5 Å². The van der Waals surface area contributed by atoms with E-state index >= 15 is 0 Å². The number of nitrogens with two attached hydrogens (primary N) is 1. The number of hydrogen-bond donors (Lipinski definition) is 2. The molecule has 0 radical (unpaired) electrons. The van der Waals surface area contributed by atoms with Crippen molar-refractivity contribution in [2.75, 3.05) is 11.9 Å². The van der Waals surface area contributed by atoms with Crippen LogP contribution < -0.4 is 11.1 Å². The fraction of sp³-hybridized carbons (Fsp3) is 0.533. The first-order valence-electron chi connectivity index (χ1n) is 6.41. The van der Waals surface area contributed by atoms with Crippen LogP contribution in [0.3, 0.4) is 0 Å². The van der Waals surface area contributed by atoms with Crippen molar-refractivity contribution in [3.8, 4) is 0 Å². The van der Waals surface area contributed by atoms with E-state index in [9.17, 15) is 4.79 Å². The van der Waals surface area contributed by atoms with Crippen LogP contribution >= 0.6 is 0 Å². The van der Waals surface area contributed by atoms with Crippen LogP contribution in [0.5, 0.6) is 0 Å². The summed E-state index contributed by atoms with van der Waals surface area (Å²) in [5.74, 6) is 0.0766. The maximum Gasteiger partial charge on any atom is 0.234 e. The molecule has 3 nitrogen and oxygen atoms in total. The molecule has 0 saturated carbocycles. The van der Waals surface area contributed by atoms with Crippen LogP contribution in [-0.2, 0) is 16.6 Å². The molecule has 0 bridgehead atoms. The Hall–Kier alpha value is -1.35. The molecule has 0 spiro atoms. The first kappa shape index (κ1) is 13.1. The zero-order valence-corrected chi connectivity index (χ0v) is 11.6. The lowest BCUT2D eigenvalue weighted by Gasteiger charge is -2.23. The van der Waals surface area contributed by atoms with Gasteiger partial charge in [0.15, 0.2) is 0 Å². The highest BCUT2D eigenvalue weighted by Crippen LogP contribution is 2.38. The quantitative estimate of drug-likeness (QED) is 0.860. The van der Waals surface area contributed by atoms with Crippen molar-refractivity contribution in [3.05, 3.63) is 29.3 Å². The Balaban J connectivity index is 2.35. The van der Waals surface area contributed by atoms with Gasteiger partial charge in [0.05, 0.1) is 5.41 Å². The summed E-state index contributed by atoms with van der Waals surface area (Å²) in [6, 6.07) is 6.23. The van der Waals surface area contributed by atoms with Gasteiger partial charge in [-0.25, -0.2) is 0 Å². The fourth-order valence-corrected chi connectivity index (χ4v) is 2.35. The Labute approximate surface area is 109 Å². The Morgan fingerprint density at radius 2 is 2.00 bits per heavy atom. The van der Waals surface area contributed by atoms with Gasteiger partial charge < -0.3 is 11.1 Å². The molecular weight excluding hydrogens is 224 g/mol. The van der Waals surface area contributed by atoms with E-state index in [1.165, 1.54) is 5.56 Å². The number of rotatable bonds is 3. The van der Waals surface area contributed by atoms with Gasteiger partial charge in [-0.2, -0.15) is 0 Å². The monoisotopic (exact) mass is 246 g/mol. The van der Waals surface area contributed by atoms with Crippen molar-refractivity contribution in [1.29, 1.82) is 0 Å². The van der Waals surface area contributed by atoms with E-state index in [-0.39, 0.29) is 11.3 Å². The summed E-state index contributed by atoms with van der Waals surface area (Å²) in [5.41, 5.74) is 8.72. The Bertz CT molecular complexity index is 489. The average molecular weight is 246 g/mol. The summed E-state index contributed by atoms with van der Waals surface area (Å²) in [7, 11) is 0. The lowest BCUT2D eigenvalue weighted by molar-refractivity contribution is -0.119. The maximum absolute atomic E-state index is 11.9. The van der Waals surface area contributed by atoms with Gasteiger partial charge in [0.1, 0.15) is 0 Å². The molecule has 3 N–H and O–H groups in total. The molecule has 1 aromatic rings. The van der Waals surface area contributed by atoms with Gasteiger partial charge in [0.2, 0.25) is 5.91 Å². The van der Waals surface area contributed by atoms with E-state index < -0.39 is 5.41 Å². The van der Waals surface area contributed by atoms with Crippen LogP contribution in [0.15, 0.2) is 18.2 Å². The van der Waals surface area contributed by atoms with Crippen molar-refractivity contribution >= 4 is 11.6 Å². The third kappa shape index (κ3) is 2.15. The van der Waals surface area contributed by atoms with Gasteiger partial charge in [-0.05, 0) is 49.4 Å². The van der Waals surface area contributed by atoms with Gasteiger partial charge in [-0.15, -0.1) is 0 Å². The van der Waals surface area contributed by atoms with E-state index in [0.717, 1.165) is 17.7 Å². The van der Waals surface area contributed by atoms with Crippen LogP contribution in [-0.4, -0.2) is 12.5 Å². The van der Waals surface area contributed by atoms with E-state index in [1.807, 2.05) is 19.9 Å². The molecule has 2 rings (SSSR count). The maximum atomic E-state index is 11.9. The first-order chi connectivity index (χ1) is 8.26. The lowest BCUT2D eigenvalue weighted by atomic mass is 9.82. The third-order valence-electron chi connectivity index (χ3n) is 3.81. The number of amides is 1. The Morgan fingerprint density at radius 1 is 1.33 bits per heavy atom. The zero-order valence-electron chi connectivity index (χ0n) is 11.6. The number of anilines is 1. The zero-order chi connectivity index (χ0) is 13.6. The van der Waals surface area contributed by atoms with Crippen LogP contribution in [0.1, 0.15) is 38.8 Å². The molecule has 0 atom stereocenters. The minimum absolute atomic E-state index is 0.0766. The first-order valence-corrected chi connectivity index (χ1v) is 6.41. The van der Waals surface area contributed by atoms with E-state index in [1.54, 1.807) is 0 Å². The van der Waals surface area contributed by atoms with Gasteiger partial charge >= 0.3 is 0 Å². The normalized spacial score (nSPS) is 17.5. The summed E-state index contributed by atoms with van der Waals surface area (Å²) in [5, 5.41) is 2.93. The summed E-state index contributed by atoms with van der Waals surface area (Å²) < 4.78 is 0. The van der Waals surface area contributed by atoms with Crippen molar-refractivity contribution in [2.24, 2.45) is 11.1 Å². The van der Waals surface area contributed by atoms with E-state index in [4.69, 9.17) is 5.73 Å². The Kier molecular flexibility index (Phi) is 2.98. The number of carbonyl (C=O) groups is 1. The summed E-state index contributed by atoms with van der Waals surface area (Å²) >= 11 is 0. The third-order valence-corrected chi connectivity index (χ3v) is 3.81. The number of nitrogens with one attached hydrogen (secondary N) is 1. The minimum Gasteiger partial charge on any atom is -0.330 e. The van der Waals surface area contributed by atoms with Crippen LogP contribution in [0.4, 0.5) is 5.69 Å². The summed E-state index contributed by atoms with van der Waals surface area (Å²) in [4.78, 5) is 11.9. The molecule has 1 heterocycles. The summed E-state index contributed by atoms with van der Waals surface area (Å²) in [6.45, 7) is 8.91. The largest absolute Gasteiger partial charge is 0.330 e. The molecule has 1 amide bonds. The Morgan fingerprint density at radius 3 is 2.61 bits per heavy atom. The highest BCUT2D eigenvalue weighted by atomic mass is 16.2. The molecule has 1 aliphatic rings. The second kappa shape index (κ2) is 4.09. The molecule has 0 unspecified atom stereocenters. The number of benzene rings is 1. The lowest BCUT2D eigenvalue weighted by Crippen LogP contribution is -2.27. The number of carbonyl (C=O) groups excluding carboxylic acids is 1. The predicted octanol–water partition coefficient (Wildman–Crippen LogP) is 2.44. The number of hydrogen-bond acceptors (Lipinski definition) is 2. The van der Waals surface area contributed by atoms with E-state index in [2.05, 4.69) is 31.3 Å². The standard InChI is InChI=1S/C15H22N2O/c1-14(2,9-16)8-10-5-6-12-11(7-10)15(3,4)13(18)17-12/h5-7H,8-9,16H2,1-4H3,(H,17,18). The molecule has 0 aromatic heterocycles. The smallest absolute Gasteiger partial charge is 0.234 e. The molecule has 1 aromatic carbocycles. The molecule has 98 valence electrons. The molecule has 18 heavy (non-hydrogen) atoms. The van der Waals surface area contributed by atoms with Crippen molar-refractivity contribution in [3.63, 3.8) is 0 Å². The average Bonchev–Trinajstić information content (AvgIpc) is 2.51. The molecule has 0 aliphatic carbocycles. The van der Waals surface area contributed by atoms with Gasteiger partial charge in [0, 0.05) is 5.69 Å². The van der Waals surface area contributed by atoms with Gasteiger partial charge in [0.25, 0.3) is 0 Å². The van der Waals surface area contributed by atoms with E-state index in [0.29, 0.717) is 6.54 Å². The second-order valence-electron chi connectivity index (χ2n) is 6.50. The molecule has 0 saturated heterocycles. The predicted molar refractivity (Wildman–Crippen MR) is 74.6 cm³/mol. The second-order valence-corrected chi connectivity index (χ2v) is 6.50. The SMILES string of the molecule is CC(C)(CN)Cc1ccc2c(c1)C(C)(C)C(=O)N2. The number of fused-ring (bicyclic) bond motifs is 1. The molecule has 3 heteroatoms. The fourth-order valence-electron chi connectivity index (χ4n) is 2.35. The highest BCUT2D eigenvalue weighted by molar-refractivity contribution is 6.05. The molecule has 0 fully saturated rings. The van der Waals surface area contributed by atoms with Gasteiger partial charge in [-0.1, -0.05) is 26.0 Å². The molecule has 1 aliphatic heterocycles. The van der Waals surface area contributed by atoms with Crippen LogP contribution in [0.2, 0.25) is 0 Å². The van der Waals surface area contributed by atoms with Crippen molar-refractivity contribution in [1.82, 2.24) is 0 Å².